The minimum atomic E-state index is -0.727. The molecule has 3 aromatic carbocycles. The van der Waals surface area contributed by atoms with Gasteiger partial charge in [-0.1, -0.05) is 24.3 Å². The predicted molar refractivity (Wildman–Crippen MR) is 102 cm³/mol. The Kier molecular flexibility index (Phi) is 3.74. The maximum atomic E-state index is 6.00. The maximum absolute atomic E-state index is 6.00. The van der Waals surface area contributed by atoms with Crippen LogP contribution >= 0.6 is 0 Å². The van der Waals surface area contributed by atoms with Gasteiger partial charge in [0.05, 0.1) is 7.11 Å². The molecule has 0 spiro atoms. The van der Waals surface area contributed by atoms with Crippen LogP contribution in [0.5, 0.6) is 28.7 Å². The van der Waals surface area contributed by atoms with Crippen molar-refractivity contribution in [2.75, 3.05) is 11.8 Å². The first-order valence-corrected chi connectivity index (χ1v) is 8.59. The van der Waals surface area contributed by atoms with E-state index in [4.69, 9.17) is 23.4 Å². The normalized spacial score (nSPS) is 13.7. The molecule has 0 radical (unpaired) electrons. The zero-order valence-corrected chi connectivity index (χ0v) is 14.6. The van der Waals surface area contributed by atoms with Crippen molar-refractivity contribution < 1.29 is 23.4 Å². The molecule has 5 rings (SSSR count). The van der Waals surface area contributed by atoms with E-state index in [1.807, 2.05) is 72.8 Å². The first-order chi connectivity index (χ1) is 13.3. The molecular formula is C19H15B2NO5. The van der Waals surface area contributed by atoms with Crippen LogP contribution in [0.1, 0.15) is 0 Å². The minimum absolute atomic E-state index is 0.677. The molecule has 0 atom stereocenters. The van der Waals surface area contributed by atoms with Gasteiger partial charge in [-0.25, -0.2) is 0 Å². The van der Waals surface area contributed by atoms with Crippen molar-refractivity contribution in [3.8, 4) is 28.7 Å². The topological polar surface area (TPSA) is 49.4 Å². The van der Waals surface area contributed by atoms with Gasteiger partial charge in [-0.2, -0.15) is 0 Å². The van der Waals surface area contributed by atoms with Crippen molar-refractivity contribution >= 4 is 20.2 Å². The molecule has 8 heteroatoms. The van der Waals surface area contributed by atoms with E-state index in [1.54, 1.807) is 11.8 Å². The van der Waals surface area contributed by atoms with Crippen molar-refractivity contribution in [1.29, 1.82) is 0 Å². The van der Waals surface area contributed by atoms with Gasteiger partial charge in [0, 0.05) is 5.69 Å². The minimum Gasteiger partial charge on any atom is -0.504 e. The zero-order valence-electron chi connectivity index (χ0n) is 14.6. The maximum Gasteiger partial charge on any atom is 0.731 e. The van der Waals surface area contributed by atoms with E-state index in [2.05, 4.69) is 0 Å². The second-order valence-corrected chi connectivity index (χ2v) is 6.08. The fraction of sp³-hybridized carbons (Fsp3) is 0.0526. The highest BCUT2D eigenvalue weighted by Gasteiger charge is 2.52. The summed E-state index contributed by atoms with van der Waals surface area (Å²) in [4.78, 5) is 0. The Balaban J connectivity index is 1.49. The van der Waals surface area contributed by atoms with Crippen molar-refractivity contribution in [1.82, 2.24) is 0 Å². The Morgan fingerprint density at radius 3 is 1.41 bits per heavy atom. The van der Waals surface area contributed by atoms with Gasteiger partial charge in [-0.3, -0.25) is 0 Å². The summed E-state index contributed by atoms with van der Waals surface area (Å²) in [6.45, 7) is 0. The Labute approximate surface area is 157 Å². The van der Waals surface area contributed by atoms with Gasteiger partial charge in [0.25, 0.3) is 0 Å². The predicted octanol–water partition coefficient (Wildman–Crippen LogP) is 3.41. The van der Waals surface area contributed by atoms with E-state index in [0.717, 1.165) is 11.4 Å². The van der Waals surface area contributed by atoms with Crippen molar-refractivity contribution in [2.24, 2.45) is 0 Å². The SMILES string of the molecule is COc1ccc(N(B2Oc3ccccc3O2)B2Oc3ccccc3O2)cc1. The summed E-state index contributed by atoms with van der Waals surface area (Å²) in [6, 6.07) is 22.6. The van der Waals surface area contributed by atoms with Gasteiger partial charge < -0.3 is 28.1 Å². The van der Waals surface area contributed by atoms with Gasteiger partial charge in [-0.15, -0.1) is 0 Å². The standard InChI is InChI=1S/C19H15B2NO5/c1-23-15-12-10-14(11-13-15)22(20-24-16-6-2-3-7-17(16)25-20)21-26-18-8-4-5-9-19(18)27-21/h2-13H,1H3. The third-order valence-corrected chi connectivity index (χ3v) is 4.43. The highest BCUT2D eigenvalue weighted by molar-refractivity contribution is 6.74. The number of ether oxygens (including phenoxy) is 1. The van der Waals surface area contributed by atoms with Crippen molar-refractivity contribution in [3.05, 3.63) is 72.8 Å². The second-order valence-electron chi connectivity index (χ2n) is 6.08. The number of fused-ring (bicyclic) bond motifs is 2. The zero-order chi connectivity index (χ0) is 18.2. The molecule has 6 nitrogen and oxygen atoms in total. The number of para-hydroxylation sites is 4. The van der Waals surface area contributed by atoms with Crippen LogP contribution in [0.2, 0.25) is 0 Å². The fourth-order valence-corrected chi connectivity index (χ4v) is 3.10. The second kappa shape index (κ2) is 6.39. The molecular weight excluding hydrogens is 344 g/mol. The molecule has 0 saturated carbocycles. The van der Waals surface area contributed by atoms with Crippen LogP contribution in [0.25, 0.3) is 0 Å². The average molecular weight is 359 g/mol. The van der Waals surface area contributed by atoms with Crippen LogP contribution in [0, 0.1) is 0 Å². The number of hydrogen-bond donors (Lipinski definition) is 0. The van der Waals surface area contributed by atoms with E-state index in [-0.39, 0.29) is 0 Å². The highest BCUT2D eigenvalue weighted by atomic mass is 16.7. The number of hydrogen-bond acceptors (Lipinski definition) is 6. The summed E-state index contributed by atoms with van der Waals surface area (Å²) in [6.07, 6.45) is 0. The molecule has 2 heterocycles. The Morgan fingerprint density at radius 1 is 0.630 bits per heavy atom. The van der Waals surface area contributed by atoms with E-state index in [9.17, 15) is 0 Å². The number of methoxy groups -OCH3 is 1. The number of anilines is 1. The summed E-state index contributed by atoms with van der Waals surface area (Å²) in [5.41, 5.74) is 0.811. The molecule has 2 aliphatic heterocycles. The van der Waals surface area contributed by atoms with Gasteiger partial charge in [0.2, 0.25) is 0 Å². The van der Waals surface area contributed by atoms with Crippen LogP contribution in [0.4, 0.5) is 5.69 Å². The van der Waals surface area contributed by atoms with Crippen LogP contribution in [-0.2, 0) is 0 Å². The first kappa shape index (κ1) is 15.8. The van der Waals surface area contributed by atoms with Gasteiger partial charge in [-0.05, 0) is 48.5 Å². The van der Waals surface area contributed by atoms with Crippen LogP contribution < -0.4 is 28.1 Å². The van der Waals surface area contributed by atoms with Gasteiger partial charge in [0.1, 0.15) is 28.7 Å². The number of rotatable bonds is 4. The molecule has 0 bridgehead atoms. The molecule has 0 amide bonds. The van der Waals surface area contributed by atoms with Crippen molar-refractivity contribution in [2.45, 2.75) is 0 Å². The summed E-state index contributed by atoms with van der Waals surface area (Å²) in [5.74, 6) is 3.47. The fourth-order valence-electron chi connectivity index (χ4n) is 3.10. The first-order valence-electron chi connectivity index (χ1n) is 8.59. The highest BCUT2D eigenvalue weighted by Crippen LogP contribution is 2.38. The molecule has 0 aliphatic carbocycles. The Bertz CT molecular complexity index is 863. The molecule has 0 unspecified atom stereocenters. The average Bonchev–Trinajstić information content (AvgIpc) is 3.32. The van der Waals surface area contributed by atoms with Crippen LogP contribution in [0.15, 0.2) is 72.8 Å². The van der Waals surface area contributed by atoms with Crippen LogP contribution in [-0.4, -0.2) is 21.6 Å². The summed E-state index contributed by atoms with van der Waals surface area (Å²) in [5, 5.41) is 0. The van der Waals surface area contributed by atoms with E-state index < -0.39 is 14.5 Å². The van der Waals surface area contributed by atoms with Crippen molar-refractivity contribution in [3.63, 3.8) is 0 Å². The van der Waals surface area contributed by atoms with E-state index in [0.29, 0.717) is 23.0 Å². The van der Waals surface area contributed by atoms with Gasteiger partial charge in [0.15, 0.2) is 0 Å². The molecule has 27 heavy (non-hydrogen) atoms. The summed E-state index contributed by atoms with van der Waals surface area (Å²) >= 11 is 0. The number of benzene rings is 3. The molecule has 0 aromatic heterocycles. The molecule has 0 N–H and O–H groups in total. The third-order valence-electron chi connectivity index (χ3n) is 4.43. The van der Waals surface area contributed by atoms with Crippen LogP contribution in [0.3, 0.4) is 0 Å². The largest absolute Gasteiger partial charge is 0.731 e. The number of nitrogens with zero attached hydrogens (tertiary/aromatic N) is 1. The lowest BCUT2D eigenvalue weighted by Gasteiger charge is -2.25. The summed E-state index contributed by atoms with van der Waals surface area (Å²) < 4.78 is 31.1. The lowest BCUT2D eigenvalue weighted by Crippen LogP contribution is -2.58. The third kappa shape index (κ3) is 2.79. The summed E-state index contributed by atoms with van der Waals surface area (Å²) in [7, 11) is 0.178. The Hall–Kier alpha value is -3.41. The molecule has 2 aliphatic rings. The van der Waals surface area contributed by atoms with E-state index >= 15 is 0 Å². The smallest absolute Gasteiger partial charge is 0.504 e. The molecule has 3 aromatic rings. The monoisotopic (exact) mass is 359 g/mol. The Morgan fingerprint density at radius 2 is 1.04 bits per heavy atom. The van der Waals surface area contributed by atoms with Gasteiger partial charge >= 0.3 is 14.5 Å². The lowest BCUT2D eigenvalue weighted by atomic mass is 9.87. The quantitative estimate of drug-likeness (QED) is 0.666. The molecule has 0 saturated heterocycles. The molecule has 132 valence electrons. The lowest BCUT2D eigenvalue weighted by molar-refractivity contribution is 0.414. The van der Waals surface area contributed by atoms with E-state index in [1.165, 1.54) is 0 Å². The molecule has 0 fully saturated rings.